The number of rotatable bonds is 6. The van der Waals surface area contributed by atoms with Crippen LogP contribution in [0.2, 0.25) is 0 Å². The maximum Gasteiger partial charge on any atom is 0.389 e. The van der Waals surface area contributed by atoms with E-state index in [2.05, 4.69) is 5.32 Å². The molecule has 1 fully saturated rings. The van der Waals surface area contributed by atoms with E-state index in [4.69, 9.17) is 4.74 Å². The van der Waals surface area contributed by atoms with E-state index in [9.17, 15) is 13.2 Å². The van der Waals surface area contributed by atoms with E-state index < -0.39 is 12.6 Å². The summed E-state index contributed by atoms with van der Waals surface area (Å²) in [5.41, 5.74) is -0.380. The van der Waals surface area contributed by atoms with Gasteiger partial charge in [0.15, 0.2) is 0 Å². The van der Waals surface area contributed by atoms with Gasteiger partial charge in [-0.25, -0.2) is 0 Å². The van der Waals surface area contributed by atoms with Gasteiger partial charge in [0, 0.05) is 19.1 Å². The molecule has 1 aliphatic carbocycles. The van der Waals surface area contributed by atoms with Crippen molar-refractivity contribution in [3.8, 4) is 0 Å². The van der Waals surface area contributed by atoms with Crippen LogP contribution in [-0.2, 0) is 4.74 Å². The summed E-state index contributed by atoms with van der Waals surface area (Å²) in [5.74, 6) is 0. The molecule has 1 atom stereocenters. The van der Waals surface area contributed by atoms with Gasteiger partial charge in [-0.05, 0) is 33.2 Å². The average molecular weight is 253 g/mol. The normalized spacial score (nSPS) is 21.7. The van der Waals surface area contributed by atoms with Crippen molar-refractivity contribution < 1.29 is 17.9 Å². The summed E-state index contributed by atoms with van der Waals surface area (Å²) in [6.07, 6.45) is -0.906. The standard InChI is InChI=1S/C12H22F3NO/c1-3-17-11(7-4-5-8-11)10(16-2)6-9-12(13,14)15/h10,16H,3-9H2,1-2H3. The lowest BCUT2D eigenvalue weighted by Crippen LogP contribution is -2.50. The van der Waals surface area contributed by atoms with Gasteiger partial charge in [-0.1, -0.05) is 12.8 Å². The Morgan fingerprint density at radius 1 is 1.29 bits per heavy atom. The highest BCUT2D eigenvalue weighted by Gasteiger charge is 2.42. The summed E-state index contributed by atoms with van der Waals surface area (Å²) in [4.78, 5) is 0. The lowest BCUT2D eigenvalue weighted by Gasteiger charge is -2.37. The van der Waals surface area contributed by atoms with E-state index in [0.29, 0.717) is 6.61 Å². The molecule has 0 aromatic heterocycles. The fraction of sp³-hybridized carbons (Fsp3) is 1.00. The van der Waals surface area contributed by atoms with Gasteiger partial charge in [0.2, 0.25) is 0 Å². The quantitative estimate of drug-likeness (QED) is 0.784. The molecule has 0 radical (unpaired) electrons. The van der Waals surface area contributed by atoms with Crippen LogP contribution < -0.4 is 5.32 Å². The van der Waals surface area contributed by atoms with Crippen molar-refractivity contribution in [3.05, 3.63) is 0 Å². The molecule has 0 heterocycles. The number of hydrogen-bond acceptors (Lipinski definition) is 2. The molecule has 0 bridgehead atoms. The van der Waals surface area contributed by atoms with E-state index >= 15 is 0 Å². The third-order valence-corrected chi connectivity index (χ3v) is 3.58. The first-order valence-corrected chi connectivity index (χ1v) is 6.31. The molecule has 0 aromatic carbocycles. The van der Waals surface area contributed by atoms with Gasteiger partial charge in [0.25, 0.3) is 0 Å². The summed E-state index contributed by atoms with van der Waals surface area (Å²) in [6, 6.07) is -0.202. The number of alkyl halides is 3. The molecule has 17 heavy (non-hydrogen) atoms. The molecule has 5 heteroatoms. The summed E-state index contributed by atoms with van der Waals surface area (Å²) >= 11 is 0. The first kappa shape index (κ1) is 14.8. The van der Waals surface area contributed by atoms with Gasteiger partial charge < -0.3 is 10.1 Å². The van der Waals surface area contributed by atoms with Crippen LogP contribution >= 0.6 is 0 Å². The molecule has 1 rings (SSSR count). The van der Waals surface area contributed by atoms with Gasteiger partial charge in [0.05, 0.1) is 5.60 Å². The lowest BCUT2D eigenvalue weighted by molar-refractivity contribution is -0.142. The fourth-order valence-corrected chi connectivity index (χ4v) is 2.83. The molecule has 0 spiro atoms. The second-order valence-corrected chi connectivity index (χ2v) is 4.70. The summed E-state index contributed by atoms with van der Waals surface area (Å²) in [7, 11) is 1.72. The third kappa shape index (κ3) is 4.14. The summed E-state index contributed by atoms with van der Waals surface area (Å²) in [6.45, 7) is 2.46. The van der Waals surface area contributed by atoms with Crippen molar-refractivity contribution in [2.75, 3.05) is 13.7 Å². The second-order valence-electron chi connectivity index (χ2n) is 4.70. The molecule has 0 aromatic rings. The lowest BCUT2D eigenvalue weighted by atomic mass is 9.88. The zero-order valence-electron chi connectivity index (χ0n) is 10.6. The molecular weight excluding hydrogens is 231 g/mol. The van der Waals surface area contributed by atoms with Crippen molar-refractivity contribution in [1.29, 1.82) is 0 Å². The number of halogens is 3. The minimum atomic E-state index is -4.08. The predicted molar refractivity (Wildman–Crippen MR) is 61.0 cm³/mol. The van der Waals surface area contributed by atoms with Crippen molar-refractivity contribution in [3.63, 3.8) is 0 Å². The second kappa shape index (κ2) is 6.05. The molecule has 0 saturated heterocycles. The highest BCUT2D eigenvalue weighted by atomic mass is 19.4. The van der Waals surface area contributed by atoms with E-state index in [0.717, 1.165) is 25.7 Å². The van der Waals surface area contributed by atoms with Crippen molar-refractivity contribution in [1.82, 2.24) is 5.32 Å². The Balaban J connectivity index is 2.62. The van der Waals surface area contributed by atoms with E-state index in [1.807, 2.05) is 6.92 Å². The van der Waals surface area contributed by atoms with Crippen LogP contribution in [0.25, 0.3) is 0 Å². The Hall–Kier alpha value is -0.290. The molecule has 1 aliphatic rings. The van der Waals surface area contributed by atoms with Gasteiger partial charge in [-0.3, -0.25) is 0 Å². The van der Waals surface area contributed by atoms with Crippen LogP contribution in [0.5, 0.6) is 0 Å². The molecule has 2 nitrogen and oxygen atoms in total. The molecular formula is C12H22F3NO. The average Bonchev–Trinajstić information content (AvgIpc) is 2.67. The maximum atomic E-state index is 12.3. The van der Waals surface area contributed by atoms with Gasteiger partial charge in [-0.15, -0.1) is 0 Å². The minimum absolute atomic E-state index is 0.0972. The Morgan fingerprint density at radius 3 is 2.29 bits per heavy atom. The van der Waals surface area contributed by atoms with Crippen LogP contribution in [0, 0.1) is 0 Å². The zero-order chi connectivity index (χ0) is 12.9. The molecule has 0 amide bonds. The van der Waals surface area contributed by atoms with Crippen LogP contribution in [0.15, 0.2) is 0 Å². The van der Waals surface area contributed by atoms with Crippen LogP contribution in [0.3, 0.4) is 0 Å². The van der Waals surface area contributed by atoms with Crippen LogP contribution in [0.4, 0.5) is 13.2 Å². The zero-order valence-corrected chi connectivity index (χ0v) is 10.6. The maximum absolute atomic E-state index is 12.3. The smallest absolute Gasteiger partial charge is 0.374 e. The number of nitrogens with one attached hydrogen (secondary N) is 1. The van der Waals surface area contributed by atoms with Crippen molar-refractivity contribution >= 4 is 0 Å². The number of likely N-dealkylation sites (N-methyl/N-ethyl adjacent to an activating group) is 1. The SMILES string of the molecule is CCOC1(C(CCC(F)(F)F)NC)CCCC1. The predicted octanol–water partition coefficient (Wildman–Crippen LogP) is 3.27. The molecule has 1 unspecified atom stereocenters. The number of hydrogen-bond donors (Lipinski definition) is 1. The Kier molecular flexibility index (Phi) is 5.25. The highest BCUT2D eigenvalue weighted by Crippen LogP contribution is 2.38. The molecule has 1 N–H and O–H groups in total. The van der Waals surface area contributed by atoms with Gasteiger partial charge in [-0.2, -0.15) is 13.2 Å². The van der Waals surface area contributed by atoms with Crippen molar-refractivity contribution in [2.45, 2.75) is 63.3 Å². The van der Waals surface area contributed by atoms with E-state index in [1.165, 1.54) is 0 Å². The Labute approximate surface area is 101 Å². The first-order chi connectivity index (χ1) is 7.93. The van der Waals surface area contributed by atoms with E-state index in [1.54, 1.807) is 7.05 Å². The number of ether oxygens (including phenoxy) is 1. The Bertz CT molecular complexity index is 224. The molecule has 102 valence electrons. The largest absolute Gasteiger partial charge is 0.389 e. The summed E-state index contributed by atoms with van der Waals surface area (Å²) in [5, 5.41) is 3.02. The van der Waals surface area contributed by atoms with Crippen LogP contribution in [-0.4, -0.2) is 31.5 Å². The van der Waals surface area contributed by atoms with Gasteiger partial charge >= 0.3 is 6.18 Å². The minimum Gasteiger partial charge on any atom is -0.374 e. The molecule has 0 aliphatic heterocycles. The molecule has 1 saturated carbocycles. The summed E-state index contributed by atoms with van der Waals surface area (Å²) < 4.78 is 42.6. The first-order valence-electron chi connectivity index (χ1n) is 6.31. The fourth-order valence-electron chi connectivity index (χ4n) is 2.83. The van der Waals surface area contributed by atoms with E-state index in [-0.39, 0.29) is 18.1 Å². The Morgan fingerprint density at radius 2 is 1.88 bits per heavy atom. The highest BCUT2D eigenvalue weighted by molar-refractivity contribution is 4.96. The van der Waals surface area contributed by atoms with Crippen molar-refractivity contribution in [2.24, 2.45) is 0 Å². The van der Waals surface area contributed by atoms with Gasteiger partial charge in [0.1, 0.15) is 0 Å². The topological polar surface area (TPSA) is 21.3 Å². The van der Waals surface area contributed by atoms with Crippen LogP contribution in [0.1, 0.15) is 45.4 Å². The third-order valence-electron chi connectivity index (χ3n) is 3.58. The monoisotopic (exact) mass is 253 g/mol.